The first-order valence-corrected chi connectivity index (χ1v) is 4.09. The molecular formula is C7H7F3OS. The monoisotopic (exact) mass is 196 g/mol. The Morgan fingerprint density at radius 2 is 2.08 bits per heavy atom. The van der Waals surface area contributed by atoms with Gasteiger partial charge in [0, 0.05) is 4.88 Å². The fourth-order valence-electron chi connectivity index (χ4n) is 0.758. The van der Waals surface area contributed by atoms with Crippen LogP contribution in [0.4, 0.5) is 13.2 Å². The molecule has 1 aromatic rings. The van der Waals surface area contributed by atoms with Crippen molar-refractivity contribution in [3.8, 4) is 0 Å². The molecular weight excluding hydrogens is 189 g/mol. The topological polar surface area (TPSA) is 20.2 Å². The number of aliphatic hydroxyl groups excluding tert-OH is 1. The molecule has 0 aliphatic rings. The van der Waals surface area contributed by atoms with Gasteiger partial charge < -0.3 is 5.11 Å². The molecule has 0 fully saturated rings. The van der Waals surface area contributed by atoms with Crippen molar-refractivity contribution in [3.63, 3.8) is 0 Å². The molecule has 5 heteroatoms. The molecule has 1 atom stereocenters. The van der Waals surface area contributed by atoms with E-state index in [-0.39, 0.29) is 4.88 Å². The Morgan fingerprint density at radius 3 is 2.42 bits per heavy atom. The van der Waals surface area contributed by atoms with Crippen LogP contribution in [0, 0.1) is 6.92 Å². The van der Waals surface area contributed by atoms with Crippen molar-refractivity contribution in [1.82, 2.24) is 0 Å². The lowest BCUT2D eigenvalue weighted by atomic mass is 10.2. The summed E-state index contributed by atoms with van der Waals surface area (Å²) in [5, 5.41) is 10.3. The molecule has 0 radical (unpaired) electrons. The molecule has 0 aromatic carbocycles. The Labute approximate surface area is 71.5 Å². The van der Waals surface area contributed by atoms with Crippen LogP contribution in [0.15, 0.2) is 11.4 Å². The van der Waals surface area contributed by atoms with E-state index in [1.54, 1.807) is 12.3 Å². The first-order chi connectivity index (χ1) is 5.41. The molecule has 0 spiro atoms. The number of hydrogen-bond acceptors (Lipinski definition) is 2. The Kier molecular flexibility index (Phi) is 2.44. The van der Waals surface area contributed by atoms with E-state index in [1.807, 2.05) is 0 Å². The quantitative estimate of drug-likeness (QED) is 0.732. The molecule has 68 valence electrons. The molecule has 1 heterocycles. The van der Waals surface area contributed by atoms with Gasteiger partial charge in [-0.2, -0.15) is 13.2 Å². The van der Waals surface area contributed by atoms with Gasteiger partial charge in [0.1, 0.15) is 0 Å². The summed E-state index contributed by atoms with van der Waals surface area (Å²) >= 11 is 0.915. The molecule has 1 N–H and O–H groups in total. The summed E-state index contributed by atoms with van der Waals surface area (Å²) in [7, 11) is 0. The minimum atomic E-state index is -4.56. The smallest absolute Gasteiger partial charge is 0.379 e. The highest BCUT2D eigenvalue weighted by Crippen LogP contribution is 2.35. The van der Waals surface area contributed by atoms with E-state index in [2.05, 4.69) is 0 Å². The molecule has 1 aromatic heterocycles. The minimum absolute atomic E-state index is 0.0556. The zero-order chi connectivity index (χ0) is 9.35. The van der Waals surface area contributed by atoms with Gasteiger partial charge in [0.05, 0.1) is 0 Å². The van der Waals surface area contributed by atoms with Gasteiger partial charge in [-0.3, -0.25) is 0 Å². The van der Waals surface area contributed by atoms with Crippen LogP contribution in [0.2, 0.25) is 0 Å². The number of halogens is 3. The summed E-state index contributed by atoms with van der Waals surface area (Å²) in [6.45, 7) is 1.68. The molecule has 0 amide bonds. The van der Waals surface area contributed by atoms with Crippen LogP contribution in [-0.2, 0) is 0 Å². The first-order valence-electron chi connectivity index (χ1n) is 3.21. The largest absolute Gasteiger partial charge is 0.419 e. The second-order valence-electron chi connectivity index (χ2n) is 2.47. The van der Waals surface area contributed by atoms with Crippen LogP contribution in [0.1, 0.15) is 16.5 Å². The fraction of sp³-hybridized carbons (Fsp3) is 0.429. The van der Waals surface area contributed by atoms with E-state index in [1.165, 1.54) is 6.07 Å². The van der Waals surface area contributed by atoms with Gasteiger partial charge in [-0.25, -0.2) is 0 Å². The average Bonchev–Trinajstić information content (AvgIpc) is 2.32. The van der Waals surface area contributed by atoms with Crippen molar-refractivity contribution in [2.75, 3.05) is 0 Å². The minimum Gasteiger partial charge on any atom is -0.379 e. The van der Waals surface area contributed by atoms with Gasteiger partial charge in [-0.1, -0.05) is 0 Å². The zero-order valence-electron chi connectivity index (χ0n) is 6.22. The van der Waals surface area contributed by atoms with Crippen molar-refractivity contribution in [3.05, 3.63) is 21.9 Å². The molecule has 0 aliphatic heterocycles. The molecule has 0 unspecified atom stereocenters. The van der Waals surface area contributed by atoms with Gasteiger partial charge in [0.25, 0.3) is 0 Å². The lowest BCUT2D eigenvalue weighted by Crippen LogP contribution is -2.18. The van der Waals surface area contributed by atoms with Gasteiger partial charge in [-0.05, 0) is 23.9 Å². The van der Waals surface area contributed by atoms with Crippen LogP contribution in [0.25, 0.3) is 0 Å². The van der Waals surface area contributed by atoms with Crippen molar-refractivity contribution in [2.45, 2.75) is 19.2 Å². The van der Waals surface area contributed by atoms with Crippen molar-refractivity contribution >= 4 is 11.3 Å². The van der Waals surface area contributed by atoms with Gasteiger partial charge in [0.2, 0.25) is 0 Å². The summed E-state index contributed by atoms with van der Waals surface area (Å²) < 4.78 is 35.7. The summed E-state index contributed by atoms with van der Waals surface area (Å²) in [4.78, 5) is -0.0556. The van der Waals surface area contributed by atoms with E-state index in [9.17, 15) is 13.2 Å². The van der Waals surface area contributed by atoms with Crippen LogP contribution < -0.4 is 0 Å². The number of thiophene rings is 1. The maximum Gasteiger partial charge on any atom is 0.419 e. The highest BCUT2D eigenvalue weighted by molar-refractivity contribution is 7.10. The zero-order valence-corrected chi connectivity index (χ0v) is 7.04. The third-order valence-electron chi connectivity index (χ3n) is 1.33. The van der Waals surface area contributed by atoms with Gasteiger partial charge in [0.15, 0.2) is 6.10 Å². The third-order valence-corrected chi connectivity index (χ3v) is 2.43. The van der Waals surface area contributed by atoms with E-state index >= 15 is 0 Å². The molecule has 0 bridgehead atoms. The van der Waals surface area contributed by atoms with Crippen LogP contribution in [-0.4, -0.2) is 11.3 Å². The van der Waals surface area contributed by atoms with E-state index in [4.69, 9.17) is 5.11 Å². The second-order valence-corrected chi connectivity index (χ2v) is 3.41. The maximum atomic E-state index is 11.9. The molecule has 1 rings (SSSR count). The highest BCUT2D eigenvalue weighted by atomic mass is 32.1. The highest BCUT2D eigenvalue weighted by Gasteiger charge is 2.40. The average molecular weight is 196 g/mol. The summed E-state index contributed by atoms with van der Waals surface area (Å²) in [6, 6.07) is 1.34. The normalized spacial score (nSPS) is 14.8. The molecule has 0 saturated carbocycles. The summed E-state index contributed by atoms with van der Waals surface area (Å²) in [5.41, 5.74) is 0.735. The Balaban J connectivity index is 2.85. The molecule has 1 nitrogen and oxygen atoms in total. The van der Waals surface area contributed by atoms with Crippen molar-refractivity contribution in [2.24, 2.45) is 0 Å². The van der Waals surface area contributed by atoms with E-state index in [0.29, 0.717) is 0 Å². The molecule has 12 heavy (non-hydrogen) atoms. The predicted octanol–water partition coefficient (Wildman–Crippen LogP) is 2.65. The van der Waals surface area contributed by atoms with E-state index in [0.717, 1.165) is 16.9 Å². The van der Waals surface area contributed by atoms with Gasteiger partial charge in [-0.15, -0.1) is 11.3 Å². The van der Waals surface area contributed by atoms with Gasteiger partial charge >= 0.3 is 6.18 Å². The second kappa shape index (κ2) is 3.06. The predicted molar refractivity (Wildman–Crippen MR) is 40.1 cm³/mol. The van der Waals surface area contributed by atoms with Crippen LogP contribution >= 0.6 is 11.3 Å². The van der Waals surface area contributed by atoms with Crippen molar-refractivity contribution < 1.29 is 18.3 Å². The number of aliphatic hydroxyl groups is 1. The number of alkyl halides is 3. The third kappa shape index (κ3) is 1.98. The number of hydrogen-bond donors (Lipinski definition) is 1. The molecule has 0 aliphatic carbocycles. The Morgan fingerprint density at radius 1 is 1.50 bits per heavy atom. The lowest BCUT2D eigenvalue weighted by Gasteiger charge is -2.11. The van der Waals surface area contributed by atoms with Crippen molar-refractivity contribution in [1.29, 1.82) is 0 Å². The lowest BCUT2D eigenvalue weighted by molar-refractivity contribution is -0.205. The van der Waals surface area contributed by atoms with E-state index < -0.39 is 12.3 Å². The van der Waals surface area contributed by atoms with Crippen LogP contribution in [0.5, 0.6) is 0 Å². The Hall–Kier alpha value is -0.550. The first kappa shape index (κ1) is 9.54. The number of rotatable bonds is 1. The number of aryl methyl sites for hydroxylation is 1. The standard InChI is InChI=1S/C7H7F3OS/c1-4-2-5(12-3-4)6(11)7(8,9)10/h2-3,6,11H,1H3/t6-/m1/s1. The Bertz CT molecular complexity index is 266. The summed E-state index contributed by atoms with van der Waals surface area (Å²) in [5.74, 6) is 0. The molecule has 0 saturated heterocycles. The summed E-state index contributed by atoms with van der Waals surface area (Å²) in [6.07, 6.45) is -6.90. The maximum absolute atomic E-state index is 11.9. The fourth-order valence-corrected chi connectivity index (χ4v) is 1.66. The van der Waals surface area contributed by atoms with Crippen LogP contribution in [0.3, 0.4) is 0 Å². The SMILES string of the molecule is Cc1csc([C@@H](O)C(F)(F)F)c1.